The Bertz CT molecular complexity index is 653. The van der Waals surface area contributed by atoms with Crippen molar-refractivity contribution in [1.82, 2.24) is 4.98 Å². The second kappa shape index (κ2) is 7.17. The Hall–Kier alpha value is -1.21. The van der Waals surface area contributed by atoms with E-state index in [1.807, 2.05) is 6.92 Å². The van der Waals surface area contributed by atoms with Crippen molar-refractivity contribution in [3.05, 3.63) is 44.8 Å². The zero-order chi connectivity index (χ0) is 15.4. The van der Waals surface area contributed by atoms with E-state index in [4.69, 9.17) is 4.74 Å². The van der Waals surface area contributed by atoms with Gasteiger partial charge >= 0.3 is 0 Å². The van der Waals surface area contributed by atoms with Crippen LogP contribution in [0.4, 0.5) is 14.6 Å². The van der Waals surface area contributed by atoms with Crippen molar-refractivity contribution in [3.63, 3.8) is 0 Å². The van der Waals surface area contributed by atoms with Gasteiger partial charge in [-0.1, -0.05) is 22.9 Å². The van der Waals surface area contributed by atoms with Crippen LogP contribution in [-0.2, 0) is 0 Å². The molecule has 0 spiro atoms. The molecule has 0 aliphatic rings. The van der Waals surface area contributed by atoms with Crippen LogP contribution in [0.2, 0.25) is 0 Å². The lowest BCUT2D eigenvalue weighted by molar-refractivity contribution is 0.416. The first-order chi connectivity index (χ1) is 10.0. The number of nitrogens with zero attached hydrogens (tertiary/aromatic N) is 1. The van der Waals surface area contributed by atoms with Gasteiger partial charge in [0.2, 0.25) is 0 Å². The molecule has 7 heteroatoms. The zero-order valence-electron chi connectivity index (χ0n) is 11.1. The SMILES string of the molecule is CCCNc1nc(Oc2ccc(Br)cc2Br)c(F)cc1F. The number of ether oxygens (including phenoxy) is 1. The van der Waals surface area contributed by atoms with E-state index in [2.05, 4.69) is 42.2 Å². The van der Waals surface area contributed by atoms with Gasteiger partial charge in [-0.25, -0.2) is 8.78 Å². The minimum Gasteiger partial charge on any atom is -0.435 e. The van der Waals surface area contributed by atoms with E-state index in [1.165, 1.54) is 0 Å². The first-order valence-corrected chi connectivity index (χ1v) is 7.82. The molecule has 1 aromatic heterocycles. The third-order valence-corrected chi connectivity index (χ3v) is 3.65. The Morgan fingerprint density at radius 1 is 1.19 bits per heavy atom. The van der Waals surface area contributed by atoms with Gasteiger partial charge in [0, 0.05) is 17.1 Å². The van der Waals surface area contributed by atoms with Gasteiger partial charge in [0.1, 0.15) is 5.75 Å². The van der Waals surface area contributed by atoms with Crippen LogP contribution >= 0.6 is 31.9 Å². The van der Waals surface area contributed by atoms with Crippen molar-refractivity contribution in [2.45, 2.75) is 13.3 Å². The average molecular weight is 422 g/mol. The van der Waals surface area contributed by atoms with Crippen LogP contribution in [0, 0.1) is 11.6 Å². The summed E-state index contributed by atoms with van der Waals surface area (Å²) in [6, 6.07) is 5.91. The third-order valence-electron chi connectivity index (χ3n) is 2.54. The minimum absolute atomic E-state index is 0.0264. The van der Waals surface area contributed by atoms with Crippen molar-refractivity contribution in [2.75, 3.05) is 11.9 Å². The van der Waals surface area contributed by atoms with Crippen LogP contribution in [-0.4, -0.2) is 11.5 Å². The topological polar surface area (TPSA) is 34.2 Å². The normalized spacial score (nSPS) is 10.5. The van der Waals surface area contributed by atoms with Crippen LogP contribution in [0.25, 0.3) is 0 Å². The maximum Gasteiger partial charge on any atom is 0.258 e. The summed E-state index contributed by atoms with van der Waals surface area (Å²) in [6.45, 7) is 2.47. The summed E-state index contributed by atoms with van der Waals surface area (Å²) in [5.74, 6) is -1.52. The molecule has 2 aromatic rings. The molecule has 0 saturated heterocycles. The number of hydrogen-bond donors (Lipinski definition) is 1. The van der Waals surface area contributed by atoms with Crippen molar-refractivity contribution in [2.24, 2.45) is 0 Å². The molecule has 0 atom stereocenters. The summed E-state index contributed by atoms with van der Waals surface area (Å²) in [7, 11) is 0. The summed E-state index contributed by atoms with van der Waals surface area (Å²) in [5, 5.41) is 2.79. The number of rotatable bonds is 5. The minimum atomic E-state index is -0.857. The van der Waals surface area contributed by atoms with Crippen LogP contribution < -0.4 is 10.1 Å². The number of benzene rings is 1. The van der Waals surface area contributed by atoms with Crippen LogP contribution in [0.3, 0.4) is 0 Å². The van der Waals surface area contributed by atoms with E-state index >= 15 is 0 Å². The highest BCUT2D eigenvalue weighted by Crippen LogP contribution is 2.33. The predicted octanol–water partition coefficient (Wildman–Crippen LogP) is 5.50. The fraction of sp³-hybridized carbons (Fsp3) is 0.214. The van der Waals surface area contributed by atoms with E-state index < -0.39 is 11.6 Å². The molecule has 1 aromatic carbocycles. The molecular formula is C14H12Br2F2N2O. The Kier molecular flexibility index (Phi) is 5.52. The Balaban J connectivity index is 2.30. The van der Waals surface area contributed by atoms with Gasteiger partial charge in [-0.05, 0) is 40.5 Å². The maximum absolute atomic E-state index is 13.8. The first-order valence-electron chi connectivity index (χ1n) is 6.24. The average Bonchev–Trinajstić information content (AvgIpc) is 2.43. The largest absolute Gasteiger partial charge is 0.435 e. The number of aromatic nitrogens is 1. The van der Waals surface area contributed by atoms with E-state index in [0.29, 0.717) is 16.8 Å². The number of anilines is 1. The molecule has 0 aliphatic heterocycles. The lowest BCUT2D eigenvalue weighted by Gasteiger charge is -2.11. The molecule has 2 rings (SSSR count). The first kappa shape index (κ1) is 16.2. The number of nitrogens with one attached hydrogen (secondary N) is 1. The third kappa shape index (κ3) is 4.14. The molecule has 1 N–H and O–H groups in total. The van der Waals surface area contributed by atoms with E-state index in [9.17, 15) is 8.78 Å². The van der Waals surface area contributed by atoms with Gasteiger partial charge in [-0.3, -0.25) is 0 Å². The number of hydrogen-bond acceptors (Lipinski definition) is 3. The zero-order valence-corrected chi connectivity index (χ0v) is 14.3. The quantitative estimate of drug-likeness (QED) is 0.692. The molecule has 0 amide bonds. The summed E-state index contributed by atoms with van der Waals surface area (Å²) in [4.78, 5) is 3.85. The molecule has 0 bridgehead atoms. The molecule has 0 unspecified atom stereocenters. The van der Waals surface area contributed by atoms with Crippen LogP contribution in [0.15, 0.2) is 33.2 Å². The lowest BCUT2D eigenvalue weighted by Crippen LogP contribution is -2.06. The van der Waals surface area contributed by atoms with Crippen molar-refractivity contribution < 1.29 is 13.5 Å². The second-order valence-corrected chi connectivity index (χ2v) is 5.98. The van der Waals surface area contributed by atoms with E-state index in [0.717, 1.165) is 17.0 Å². The number of halogens is 4. The highest BCUT2D eigenvalue weighted by molar-refractivity contribution is 9.11. The second-order valence-electron chi connectivity index (χ2n) is 4.21. The Labute approximate surface area is 138 Å². The van der Waals surface area contributed by atoms with Gasteiger partial charge in [-0.2, -0.15) is 4.98 Å². The molecule has 21 heavy (non-hydrogen) atoms. The van der Waals surface area contributed by atoms with Crippen molar-refractivity contribution >= 4 is 37.7 Å². The summed E-state index contributed by atoms with van der Waals surface area (Å²) >= 11 is 6.62. The van der Waals surface area contributed by atoms with Crippen LogP contribution in [0.5, 0.6) is 11.6 Å². The Morgan fingerprint density at radius 2 is 1.95 bits per heavy atom. The molecule has 0 saturated carbocycles. The summed E-state index contributed by atoms with van der Waals surface area (Å²) in [5.41, 5.74) is 0. The van der Waals surface area contributed by atoms with Gasteiger partial charge in [0.15, 0.2) is 17.5 Å². The molecular weight excluding hydrogens is 410 g/mol. The molecule has 1 heterocycles. The lowest BCUT2D eigenvalue weighted by atomic mass is 10.3. The molecule has 0 fully saturated rings. The standard InChI is InChI=1S/C14H12Br2F2N2O/c1-2-5-19-13-10(17)7-11(18)14(20-13)21-12-4-3-8(15)6-9(12)16/h3-4,6-7H,2,5H2,1H3,(H,19,20). The highest BCUT2D eigenvalue weighted by atomic mass is 79.9. The van der Waals surface area contributed by atoms with E-state index in [-0.39, 0.29) is 11.7 Å². The fourth-order valence-corrected chi connectivity index (χ4v) is 2.68. The van der Waals surface area contributed by atoms with Gasteiger partial charge < -0.3 is 10.1 Å². The maximum atomic E-state index is 13.8. The van der Waals surface area contributed by atoms with Crippen molar-refractivity contribution in [1.29, 1.82) is 0 Å². The molecule has 3 nitrogen and oxygen atoms in total. The monoisotopic (exact) mass is 420 g/mol. The van der Waals surface area contributed by atoms with Gasteiger partial charge in [0.25, 0.3) is 5.88 Å². The van der Waals surface area contributed by atoms with Gasteiger partial charge in [0.05, 0.1) is 4.47 Å². The molecule has 112 valence electrons. The summed E-state index contributed by atoms with van der Waals surface area (Å²) in [6.07, 6.45) is 0.799. The fourth-order valence-electron chi connectivity index (χ4n) is 1.55. The molecule has 0 radical (unpaired) electrons. The molecule has 0 aliphatic carbocycles. The van der Waals surface area contributed by atoms with Gasteiger partial charge in [-0.15, -0.1) is 0 Å². The summed E-state index contributed by atoms with van der Waals surface area (Å²) < 4.78 is 34.2. The Morgan fingerprint density at radius 3 is 2.62 bits per heavy atom. The van der Waals surface area contributed by atoms with E-state index in [1.54, 1.807) is 18.2 Å². The van der Waals surface area contributed by atoms with Crippen LogP contribution in [0.1, 0.15) is 13.3 Å². The number of pyridine rings is 1. The highest BCUT2D eigenvalue weighted by Gasteiger charge is 2.14. The predicted molar refractivity (Wildman–Crippen MR) is 84.8 cm³/mol. The van der Waals surface area contributed by atoms with Crippen molar-refractivity contribution in [3.8, 4) is 11.6 Å². The smallest absolute Gasteiger partial charge is 0.258 e.